The van der Waals surface area contributed by atoms with Gasteiger partial charge in [0.25, 0.3) is 11.8 Å². The van der Waals surface area contributed by atoms with Gasteiger partial charge in [-0.1, -0.05) is 24.3 Å². The van der Waals surface area contributed by atoms with Gasteiger partial charge in [-0.05, 0) is 48.4 Å². The number of halogens is 1. The minimum atomic E-state index is -0.870. The molecule has 2 aromatic carbocycles. The molecule has 4 rings (SSSR count). The van der Waals surface area contributed by atoms with E-state index >= 15 is 0 Å². The molecular formula is C21H17FN2O4S. The third-order valence-electron chi connectivity index (χ3n) is 4.35. The van der Waals surface area contributed by atoms with Crippen molar-refractivity contribution in [1.82, 2.24) is 10.9 Å². The van der Waals surface area contributed by atoms with Crippen LogP contribution in [0.3, 0.4) is 0 Å². The molecule has 0 saturated carbocycles. The van der Waals surface area contributed by atoms with E-state index in [1.54, 1.807) is 36.4 Å². The van der Waals surface area contributed by atoms with Crippen LogP contribution in [0, 0.1) is 12.7 Å². The molecule has 2 heterocycles. The van der Waals surface area contributed by atoms with Crippen molar-refractivity contribution >= 4 is 23.2 Å². The number of hydrogen-bond donors (Lipinski definition) is 2. The fraction of sp³-hybridized carbons (Fsp3) is 0.143. The first kappa shape index (κ1) is 18.9. The number of ether oxygens (including phenoxy) is 2. The first-order valence-electron chi connectivity index (χ1n) is 8.86. The molecule has 0 aliphatic carbocycles. The average molecular weight is 412 g/mol. The van der Waals surface area contributed by atoms with Crippen molar-refractivity contribution in [2.75, 3.05) is 6.61 Å². The number of para-hydroxylation sites is 2. The summed E-state index contributed by atoms with van der Waals surface area (Å²) in [5, 5.41) is 0. The zero-order valence-corrected chi connectivity index (χ0v) is 16.2. The molecule has 0 radical (unpaired) electrons. The smallest absolute Gasteiger partial charge is 0.283 e. The van der Waals surface area contributed by atoms with Crippen LogP contribution < -0.4 is 20.3 Å². The molecule has 1 unspecified atom stereocenters. The number of nitrogens with one attached hydrogen (secondary N) is 2. The second-order valence-corrected chi connectivity index (χ2v) is 7.49. The second-order valence-electron chi connectivity index (χ2n) is 6.44. The van der Waals surface area contributed by atoms with Crippen LogP contribution in [0.5, 0.6) is 11.5 Å². The van der Waals surface area contributed by atoms with Crippen molar-refractivity contribution in [2.24, 2.45) is 0 Å². The minimum Gasteiger partial charge on any atom is -0.485 e. The first-order valence-corrected chi connectivity index (χ1v) is 9.68. The van der Waals surface area contributed by atoms with Gasteiger partial charge >= 0.3 is 0 Å². The van der Waals surface area contributed by atoms with E-state index < -0.39 is 17.9 Å². The van der Waals surface area contributed by atoms with Gasteiger partial charge < -0.3 is 9.47 Å². The summed E-state index contributed by atoms with van der Waals surface area (Å²) in [4.78, 5) is 26.0. The highest BCUT2D eigenvalue weighted by Gasteiger charge is 2.27. The van der Waals surface area contributed by atoms with E-state index in [2.05, 4.69) is 10.9 Å². The number of thiophene rings is 1. The van der Waals surface area contributed by atoms with Crippen molar-refractivity contribution in [1.29, 1.82) is 0 Å². The first-order chi connectivity index (χ1) is 14.0. The van der Waals surface area contributed by atoms with Gasteiger partial charge in [0.05, 0.1) is 4.88 Å². The number of benzene rings is 2. The Balaban J connectivity index is 1.38. The van der Waals surface area contributed by atoms with Gasteiger partial charge in [-0.3, -0.25) is 20.4 Å². The second kappa shape index (κ2) is 7.92. The number of carbonyl (C=O) groups is 2. The largest absolute Gasteiger partial charge is 0.485 e. The van der Waals surface area contributed by atoms with E-state index in [9.17, 15) is 14.0 Å². The number of hydrazine groups is 1. The lowest BCUT2D eigenvalue weighted by atomic mass is 10.1. The van der Waals surface area contributed by atoms with Gasteiger partial charge in [0.15, 0.2) is 11.5 Å². The predicted octanol–water partition coefficient (Wildman–Crippen LogP) is 3.46. The Kier molecular flexibility index (Phi) is 5.18. The quantitative estimate of drug-likeness (QED) is 0.646. The molecule has 0 saturated heterocycles. The summed E-state index contributed by atoms with van der Waals surface area (Å²) in [6, 6.07) is 14.8. The molecule has 6 nitrogen and oxygen atoms in total. The molecule has 1 aromatic heterocycles. The third-order valence-corrected chi connectivity index (χ3v) is 5.63. The predicted molar refractivity (Wildman–Crippen MR) is 106 cm³/mol. The van der Waals surface area contributed by atoms with Crippen LogP contribution in [0.15, 0.2) is 54.6 Å². The fourth-order valence-corrected chi connectivity index (χ4v) is 3.96. The number of carbonyl (C=O) groups excluding carboxylic acids is 2. The Morgan fingerprint density at radius 1 is 1.07 bits per heavy atom. The Morgan fingerprint density at radius 2 is 1.79 bits per heavy atom. The molecule has 2 amide bonds. The van der Waals surface area contributed by atoms with Gasteiger partial charge in [0, 0.05) is 4.88 Å². The standard InChI is InChI=1S/C21H17FN2O4S/c1-12-10-18(29-19(12)13-6-8-14(22)9-7-13)21(26)24-23-20(25)17-11-27-15-4-2-3-5-16(15)28-17/h2-10,17H,11H2,1H3,(H,23,25)(H,24,26). The summed E-state index contributed by atoms with van der Waals surface area (Å²) < 4.78 is 24.2. The van der Waals surface area contributed by atoms with Crippen LogP contribution in [0.2, 0.25) is 0 Å². The van der Waals surface area contributed by atoms with Crippen molar-refractivity contribution in [2.45, 2.75) is 13.0 Å². The number of amides is 2. The molecule has 2 N–H and O–H groups in total. The zero-order chi connectivity index (χ0) is 20.4. The molecule has 0 spiro atoms. The molecule has 29 heavy (non-hydrogen) atoms. The summed E-state index contributed by atoms with van der Waals surface area (Å²) in [5.41, 5.74) is 6.48. The maximum atomic E-state index is 13.1. The van der Waals surface area contributed by atoms with Crippen LogP contribution >= 0.6 is 11.3 Å². The molecule has 1 aliphatic rings. The van der Waals surface area contributed by atoms with Crippen molar-refractivity contribution in [3.8, 4) is 21.9 Å². The van der Waals surface area contributed by atoms with Crippen LogP contribution in [0.25, 0.3) is 10.4 Å². The summed E-state index contributed by atoms with van der Waals surface area (Å²) in [5.74, 6) is -0.233. The molecule has 3 aromatic rings. The van der Waals surface area contributed by atoms with E-state index in [4.69, 9.17) is 9.47 Å². The Bertz CT molecular complexity index is 1060. The van der Waals surface area contributed by atoms with Crippen molar-refractivity contribution < 1.29 is 23.5 Å². The Labute approximate surface area is 170 Å². The Hall–Kier alpha value is -3.39. The van der Waals surface area contributed by atoms with E-state index in [1.807, 2.05) is 13.0 Å². The van der Waals surface area contributed by atoms with E-state index in [0.29, 0.717) is 16.4 Å². The summed E-state index contributed by atoms with van der Waals surface area (Å²) in [6.07, 6.45) is -0.870. The van der Waals surface area contributed by atoms with Crippen LogP contribution in [0.1, 0.15) is 15.2 Å². The SMILES string of the molecule is Cc1cc(C(=O)NNC(=O)C2COc3ccccc3O2)sc1-c1ccc(F)cc1. The fourth-order valence-electron chi connectivity index (χ4n) is 2.89. The number of rotatable bonds is 3. The highest BCUT2D eigenvalue weighted by Crippen LogP contribution is 2.33. The summed E-state index contributed by atoms with van der Waals surface area (Å²) in [7, 11) is 0. The van der Waals surface area contributed by atoms with E-state index in [-0.39, 0.29) is 12.4 Å². The van der Waals surface area contributed by atoms with Crippen molar-refractivity contribution in [3.05, 3.63) is 70.9 Å². The number of hydrogen-bond acceptors (Lipinski definition) is 5. The molecular weight excluding hydrogens is 395 g/mol. The highest BCUT2D eigenvalue weighted by molar-refractivity contribution is 7.17. The van der Waals surface area contributed by atoms with Crippen LogP contribution in [-0.4, -0.2) is 24.5 Å². The lowest BCUT2D eigenvalue weighted by molar-refractivity contribution is -0.131. The molecule has 0 fully saturated rings. The van der Waals surface area contributed by atoms with Crippen molar-refractivity contribution in [3.63, 3.8) is 0 Å². The molecule has 1 aliphatic heterocycles. The van der Waals surface area contributed by atoms with Gasteiger partial charge in [-0.15, -0.1) is 11.3 Å². The van der Waals surface area contributed by atoms with E-state index in [1.165, 1.54) is 23.5 Å². The minimum absolute atomic E-state index is 0.0472. The zero-order valence-electron chi connectivity index (χ0n) is 15.4. The normalized spacial score (nSPS) is 14.9. The topological polar surface area (TPSA) is 76.7 Å². The van der Waals surface area contributed by atoms with Gasteiger partial charge in [-0.2, -0.15) is 0 Å². The molecule has 148 valence electrons. The van der Waals surface area contributed by atoms with Gasteiger partial charge in [-0.25, -0.2) is 4.39 Å². The monoisotopic (exact) mass is 412 g/mol. The lowest BCUT2D eigenvalue weighted by Gasteiger charge is -2.25. The third kappa shape index (κ3) is 4.07. The maximum absolute atomic E-state index is 13.1. The summed E-state index contributed by atoms with van der Waals surface area (Å²) >= 11 is 1.26. The number of fused-ring (bicyclic) bond motifs is 1. The molecule has 0 bridgehead atoms. The highest BCUT2D eigenvalue weighted by atomic mass is 32.1. The van der Waals surface area contributed by atoms with Crippen LogP contribution in [-0.2, 0) is 4.79 Å². The van der Waals surface area contributed by atoms with Gasteiger partial charge in [0.2, 0.25) is 6.10 Å². The van der Waals surface area contributed by atoms with E-state index in [0.717, 1.165) is 16.0 Å². The van der Waals surface area contributed by atoms with Crippen LogP contribution in [0.4, 0.5) is 4.39 Å². The number of aryl methyl sites for hydroxylation is 1. The lowest BCUT2D eigenvalue weighted by Crippen LogP contribution is -2.50. The summed E-state index contributed by atoms with van der Waals surface area (Å²) in [6.45, 7) is 1.92. The molecule has 1 atom stereocenters. The molecule has 8 heteroatoms. The average Bonchev–Trinajstić information content (AvgIpc) is 3.13. The van der Waals surface area contributed by atoms with Gasteiger partial charge in [0.1, 0.15) is 12.4 Å². The maximum Gasteiger partial charge on any atom is 0.283 e. The Morgan fingerprint density at radius 3 is 2.55 bits per heavy atom.